The number of furan rings is 1. The average molecular weight is 285 g/mol. The summed E-state index contributed by atoms with van der Waals surface area (Å²) >= 11 is 0. The lowest BCUT2D eigenvalue weighted by Crippen LogP contribution is -2.11. The third kappa shape index (κ3) is 2.99. The van der Waals surface area contributed by atoms with Gasteiger partial charge in [-0.1, -0.05) is 0 Å². The molecule has 3 aromatic heterocycles. The number of nitrogens with one attached hydrogen (secondary N) is 2. The lowest BCUT2D eigenvalue weighted by atomic mass is 10.4. The van der Waals surface area contributed by atoms with Crippen molar-refractivity contribution in [2.45, 2.75) is 13.5 Å². The molecule has 0 aliphatic heterocycles. The maximum absolute atomic E-state index is 5.50. The highest BCUT2D eigenvalue weighted by atomic mass is 16.3. The first-order valence-corrected chi connectivity index (χ1v) is 6.47. The molecule has 0 saturated heterocycles. The van der Waals surface area contributed by atoms with Gasteiger partial charge in [0.2, 0.25) is 11.9 Å². The van der Waals surface area contributed by atoms with Crippen LogP contribution in [-0.4, -0.2) is 31.8 Å². The van der Waals surface area contributed by atoms with Crippen LogP contribution in [-0.2, 0) is 6.54 Å². The van der Waals surface area contributed by atoms with Gasteiger partial charge in [-0.25, -0.2) is 4.68 Å². The number of anilines is 2. The van der Waals surface area contributed by atoms with Crippen molar-refractivity contribution in [3.05, 3.63) is 42.1 Å². The van der Waals surface area contributed by atoms with E-state index in [1.807, 2.05) is 25.1 Å². The molecule has 0 aromatic carbocycles. The molecule has 0 atom stereocenters. The number of aryl methyl sites for hydroxylation is 1. The Labute approximate surface area is 121 Å². The summed E-state index contributed by atoms with van der Waals surface area (Å²) in [5.74, 6) is 3.05. The Bertz CT molecular complexity index is 720. The molecule has 0 bridgehead atoms. The molecule has 8 heteroatoms. The van der Waals surface area contributed by atoms with Crippen molar-refractivity contribution < 1.29 is 4.42 Å². The molecule has 2 N–H and O–H groups in total. The summed E-state index contributed by atoms with van der Waals surface area (Å²) in [6, 6.07) is 5.64. The van der Waals surface area contributed by atoms with Crippen LogP contribution in [0.15, 0.2) is 35.0 Å². The molecule has 0 aliphatic carbocycles. The van der Waals surface area contributed by atoms with Crippen LogP contribution in [0.5, 0.6) is 0 Å². The molecule has 0 aliphatic rings. The van der Waals surface area contributed by atoms with Crippen LogP contribution in [0.25, 0.3) is 5.95 Å². The Balaban J connectivity index is 1.82. The molecule has 21 heavy (non-hydrogen) atoms. The SMILES string of the molecule is CNc1nc(NCc2ccc(C)o2)nc(-n2cccn2)n1. The number of hydrogen-bond acceptors (Lipinski definition) is 7. The average Bonchev–Trinajstić information content (AvgIpc) is 3.16. The summed E-state index contributed by atoms with van der Waals surface area (Å²) in [5, 5.41) is 10.1. The highest BCUT2D eigenvalue weighted by Gasteiger charge is 2.08. The fourth-order valence-electron chi connectivity index (χ4n) is 1.79. The van der Waals surface area contributed by atoms with Crippen molar-refractivity contribution in [3.8, 4) is 5.95 Å². The van der Waals surface area contributed by atoms with Gasteiger partial charge in [0.05, 0.1) is 6.54 Å². The lowest BCUT2D eigenvalue weighted by molar-refractivity contribution is 0.490. The van der Waals surface area contributed by atoms with Gasteiger partial charge < -0.3 is 15.1 Å². The highest BCUT2D eigenvalue weighted by Crippen LogP contribution is 2.11. The second kappa shape index (κ2) is 5.61. The first-order chi connectivity index (χ1) is 10.2. The van der Waals surface area contributed by atoms with Gasteiger partial charge in [0.15, 0.2) is 0 Å². The summed E-state index contributed by atoms with van der Waals surface area (Å²) in [6.07, 6.45) is 3.44. The number of nitrogens with zero attached hydrogens (tertiary/aromatic N) is 5. The molecule has 0 unspecified atom stereocenters. The van der Waals surface area contributed by atoms with Crippen LogP contribution in [0.3, 0.4) is 0 Å². The standard InChI is InChI=1S/C13H15N7O/c1-9-4-5-10(21-9)8-15-12-17-11(14-2)18-13(19-12)20-7-3-6-16-20/h3-7H,8H2,1-2H3,(H2,14,15,17,18,19). The van der Waals surface area contributed by atoms with E-state index in [0.717, 1.165) is 11.5 Å². The van der Waals surface area contributed by atoms with Crippen molar-refractivity contribution in [3.63, 3.8) is 0 Å². The molecule has 0 saturated carbocycles. The van der Waals surface area contributed by atoms with Crippen LogP contribution in [0.2, 0.25) is 0 Å². The quantitative estimate of drug-likeness (QED) is 0.735. The lowest BCUT2D eigenvalue weighted by Gasteiger charge is -2.07. The van der Waals surface area contributed by atoms with Gasteiger partial charge in [0, 0.05) is 19.4 Å². The van der Waals surface area contributed by atoms with E-state index < -0.39 is 0 Å². The first-order valence-electron chi connectivity index (χ1n) is 6.47. The Hall–Kier alpha value is -2.90. The largest absolute Gasteiger partial charge is 0.465 e. The van der Waals surface area contributed by atoms with Gasteiger partial charge in [0.25, 0.3) is 5.95 Å². The second-order valence-corrected chi connectivity index (χ2v) is 4.35. The molecule has 0 amide bonds. The Morgan fingerprint density at radius 2 is 2.05 bits per heavy atom. The highest BCUT2D eigenvalue weighted by molar-refractivity contribution is 5.37. The van der Waals surface area contributed by atoms with Crippen LogP contribution in [0, 0.1) is 6.92 Å². The molecule has 0 fully saturated rings. The zero-order chi connectivity index (χ0) is 14.7. The van der Waals surface area contributed by atoms with Crippen molar-refractivity contribution >= 4 is 11.9 Å². The van der Waals surface area contributed by atoms with E-state index in [9.17, 15) is 0 Å². The molecule has 0 radical (unpaired) electrons. The van der Waals surface area contributed by atoms with E-state index in [2.05, 4.69) is 30.7 Å². The molecule has 8 nitrogen and oxygen atoms in total. The minimum absolute atomic E-state index is 0.442. The van der Waals surface area contributed by atoms with E-state index in [-0.39, 0.29) is 0 Å². The van der Waals surface area contributed by atoms with Crippen LogP contribution < -0.4 is 10.6 Å². The van der Waals surface area contributed by atoms with Gasteiger partial charge in [-0.15, -0.1) is 0 Å². The molecular formula is C13H15N7O. The van der Waals surface area contributed by atoms with Gasteiger partial charge in [-0.05, 0) is 25.1 Å². The second-order valence-electron chi connectivity index (χ2n) is 4.35. The number of aromatic nitrogens is 5. The smallest absolute Gasteiger partial charge is 0.257 e. The molecular weight excluding hydrogens is 270 g/mol. The molecule has 3 rings (SSSR count). The van der Waals surface area contributed by atoms with Gasteiger partial charge in [0.1, 0.15) is 11.5 Å². The summed E-state index contributed by atoms with van der Waals surface area (Å²) in [6.45, 7) is 2.40. The number of rotatable bonds is 5. The minimum atomic E-state index is 0.442. The zero-order valence-corrected chi connectivity index (χ0v) is 11.7. The van der Waals surface area contributed by atoms with E-state index in [4.69, 9.17) is 4.42 Å². The monoisotopic (exact) mass is 285 g/mol. The molecule has 3 heterocycles. The van der Waals surface area contributed by atoms with E-state index >= 15 is 0 Å². The summed E-state index contributed by atoms with van der Waals surface area (Å²) < 4.78 is 7.07. The van der Waals surface area contributed by atoms with E-state index in [1.54, 1.807) is 24.1 Å². The molecule has 3 aromatic rings. The van der Waals surface area contributed by atoms with Crippen molar-refractivity contribution in [2.75, 3.05) is 17.7 Å². The molecule has 0 spiro atoms. The fourth-order valence-corrected chi connectivity index (χ4v) is 1.79. The normalized spacial score (nSPS) is 10.6. The first kappa shape index (κ1) is 13.1. The third-order valence-electron chi connectivity index (χ3n) is 2.77. The molecule has 108 valence electrons. The predicted octanol–water partition coefficient (Wildman–Crippen LogP) is 1.61. The van der Waals surface area contributed by atoms with Gasteiger partial charge >= 0.3 is 0 Å². The van der Waals surface area contributed by atoms with Crippen molar-refractivity contribution in [2.24, 2.45) is 0 Å². The number of hydrogen-bond donors (Lipinski definition) is 2. The third-order valence-corrected chi connectivity index (χ3v) is 2.77. The Morgan fingerprint density at radius 3 is 2.71 bits per heavy atom. The van der Waals surface area contributed by atoms with Crippen LogP contribution in [0.4, 0.5) is 11.9 Å². The topological polar surface area (TPSA) is 93.7 Å². The van der Waals surface area contributed by atoms with Crippen molar-refractivity contribution in [1.29, 1.82) is 0 Å². The minimum Gasteiger partial charge on any atom is -0.465 e. The van der Waals surface area contributed by atoms with E-state index in [0.29, 0.717) is 24.4 Å². The van der Waals surface area contributed by atoms with E-state index in [1.165, 1.54) is 0 Å². The van der Waals surface area contributed by atoms with Gasteiger partial charge in [-0.2, -0.15) is 20.1 Å². The van der Waals surface area contributed by atoms with Crippen LogP contribution >= 0.6 is 0 Å². The zero-order valence-electron chi connectivity index (χ0n) is 11.7. The summed E-state index contributed by atoms with van der Waals surface area (Å²) in [7, 11) is 1.75. The van der Waals surface area contributed by atoms with Gasteiger partial charge in [-0.3, -0.25) is 0 Å². The summed E-state index contributed by atoms with van der Waals surface area (Å²) in [4.78, 5) is 12.8. The predicted molar refractivity (Wildman–Crippen MR) is 77.3 cm³/mol. The maximum Gasteiger partial charge on any atom is 0.257 e. The van der Waals surface area contributed by atoms with Crippen molar-refractivity contribution in [1.82, 2.24) is 24.7 Å². The fraction of sp³-hybridized carbons (Fsp3) is 0.231. The van der Waals surface area contributed by atoms with Crippen LogP contribution in [0.1, 0.15) is 11.5 Å². The maximum atomic E-state index is 5.50. The Kier molecular flexibility index (Phi) is 3.50. The summed E-state index contributed by atoms with van der Waals surface area (Å²) in [5.41, 5.74) is 0. The Morgan fingerprint density at radius 1 is 1.19 bits per heavy atom.